The third-order valence-corrected chi connectivity index (χ3v) is 4.39. The van der Waals surface area contributed by atoms with E-state index < -0.39 is 17.8 Å². The smallest absolute Gasteiger partial charge is 0.320 e. The molecule has 0 radical (unpaired) electrons. The van der Waals surface area contributed by atoms with Gasteiger partial charge in [-0.05, 0) is 41.3 Å². The van der Waals surface area contributed by atoms with E-state index in [0.29, 0.717) is 22.9 Å². The summed E-state index contributed by atoms with van der Waals surface area (Å²) in [6.45, 7) is 0. The van der Waals surface area contributed by atoms with Gasteiger partial charge in [-0.25, -0.2) is 4.39 Å². The Hall–Kier alpha value is -0.650. The molecule has 1 aromatic rings. The van der Waals surface area contributed by atoms with Gasteiger partial charge < -0.3 is 5.11 Å². The molecule has 18 heavy (non-hydrogen) atoms. The lowest BCUT2D eigenvalue weighted by Gasteiger charge is -2.29. The summed E-state index contributed by atoms with van der Waals surface area (Å²) in [5.41, 5.74) is 0.425. The van der Waals surface area contributed by atoms with Crippen LogP contribution in [0.15, 0.2) is 16.6 Å². The number of aliphatic carboxylic acids is 1. The van der Waals surface area contributed by atoms with Crippen molar-refractivity contribution in [3.8, 4) is 0 Å². The van der Waals surface area contributed by atoms with E-state index in [1.165, 1.54) is 0 Å². The average Bonchev–Trinajstić information content (AvgIpc) is 2.36. The first-order valence-corrected chi connectivity index (χ1v) is 6.80. The Bertz CT molecular complexity index is 483. The van der Waals surface area contributed by atoms with Crippen molar-refractivity contribution in [1.29, 1.82) is 0 Å². The molecular formula is C12H12BrClFNO2. The summed E-state index contributed by atoms with van der Waals surface area (Å²) in [6, 6.07) is 2.39. The summed E-state index contributed by atoms with van der Waals surface area (Å²) in [6.07, 6.45) is 2.03. The Morgan fingerprint density at radius 1 is 1.50 bits per heavy atom. The highest BCUT2D eigenvalue weighted by Gasteiger charge is 2.29. The fourth-order valence-corrected chi connectivity index (χ4v) is 2.66. The average molecular weight is 337 g/mol. The molecule has 0 aromatic heterocycles. The quantitative estimate of drug-likeness (QED) is 0.813. The lowest BCUT2D eigenvalue weighted by atomic mass is 9.93. The zero-order valence-corrected chi connectivity index (χ0v) is 11.8. The number of rotatable bonds is 2. The minimum absolute atomic E-state index is 0.0340. The van der Waals surface area contributed by atoms with Crippen LogP contribution < -0.4 is 5.32 Å². The van der Waals surface area contributed by atoms with Crippen molar-refractivity contribution in [2.45, 2.75) is 31.3 Å². The van der Waals surface area contributed by atoms with Crippen LogP contribution in [0.1, 0.15) is 30.9 Å². The van der Waals surface area contributed by atoms with Crippen molar-refractivity contribution in [3.05, 3.63) is 33.0 Å². The van der Waals surface area contributed by atoms with Crippen LogP contribution in [-0.4, -0.2) is 17.1 Å². The van der Waals surface area contributed by atoms with Gasteiger partial charge in [0.05, 0.1) is 5.02 Å². The van der Waals surface area contributed by atoms with Gasteiger partial charge in [-0.1, -0.05) is 17.7 Å². The van der Waals surface area contributed by atoms with Gasteiger partial charge in [0.2, 0.25) is 0 Å². The summed E-state index contributed by atoms with van der Waals surface area (Å²) < 4.78 is 14.5. The molecule has 1 aliphatic heterocycles. The van der Waals surface area contributed by atoms with E-state index in [1.807, 2.05) is 0 Å². The number of nitrogens with one attached hydrogen (secondary N) is 1. The Balaban J connectivity index is 2.26. The maximum absolute atomic E-state index is 14.0. The Kier molecular flexibility index (Phi) is 4.25. The van der Waals surface area contributed by atoms with Crippen molar-refractivity contribution < 1.29 is 14.3 Å². The maximum atomic E-state index is 14.0. The van der Waals surface area contributed by atoms with E-state index in [-0.39, 0.29) is 11.1 Å². The number of carboxylic acid groups (broad SMARTS) is 1. The summed E-state index contributed by atoms with van der Waals surface area (Å²) in [5.74, 6) is -1.39. The molecule has 1 saturated heterocycles. The Labute approximate surface area is 117 Å². The number of carboxylic acids is 1. The predicted octanol–water partition coefficient (Wildman–Crippen LogP) is 3.51. The largest absolute Gasteiger partial charge is 0.480 e. The first-order valence-electron chi connectivity index (χ1n) is 5.63. The number of hydrogen-bond acceptors (Lipinski definition) is 2. The molecule has 2 unspecified atom stereocenters. The van der Waals surface area contributed by atoms with Gasteiger partial charge in [-0.15, -0.1) is 0 Å². The van der Waals surface area contributed by atoms with Crippen LogP contribution in [0, 0.1) is 5.82 Å². The molecule has 2 N–H and O–H groups in total. The normalized spacial score (nSPS) is 23.9. The zero-order valence-electron chi connectivity index (χ0n) is 9.42. The Morgan fingerprint density at radius 3 is 2.89 bits per heavy atom. The molecule has 0 saturated carbocycles. The minimum atomic E-state index is -0.900. The SMILES string of the molecule is O=C(O)C1CCCC(c2ccc(Br)c(Cl)c2F)N1. The summed E-state index contributed by atoms with van der Waals surface area (Å²) in [4.78, 5) is 10.9. The molecule has 2 rings (SSSR count). The van der Waals surface area contributed by atoms with Crippen molar-refractivity contribution >= 4 is 33.5 Å². The van der Waals surface area contributed by atoms with Gasteiger partial charge in [-0.3, -0.25) is 10.1 Å². The molecule has 0 amide bonds. The zero-order chi connectivity index (χ0) is 13.3. The molecule has 1 aromatic carbocycles. The molecule has 3 nitrogen and oxygen atoms in total. The van der Waals surface area contributed by atoms with E-state index >= 15 is 0 Å². The van der Waals surface area contributed by atoms with Gasteiger partial charge >= 0.3 is 5.97 Å². The number of halogens is 3. The molecule has 1 aliphatic rings. The van der Waals surface area contributed by atoms with Gasteiger partial charge in [0, 0.05) is 16.1 Å². The molecule has 0 aliphatic carbocycles. The van der Waals surface area contributed by atoms with Crippen LogP contribution >= 0.6 is 27.5 Å². The van der Waals surface area contributed by atoms with E-state index in [9.17, 15) is 9.18 Å². The minimum Gasteiger partial charge on any atom is -0.480 e. The van der Waals surface area contributed by atoms with Crippen molar-refractivity contribution in [1.82, 2.24) is 5.32 Å². The third kappa shape index (κ3) is 2.68. The first kappa shape index (κ1) is 13.8. The maximum Gasteiger partial charge on any atom is 0.320 e. The highest BCUT2D eigenvalue weighted by Crippen LogP contribution is 2.33. The molecule has 0 spiro atoms. The van der Waals surface area contributed by atoms with Gasteiger partial charge in [0.15, 0.2) is 0 Å². The molecule has 98 valence electrons. The molecule has 1 heterocycles. The highest BCUT2D eigenvalue weighted by atomic mass is 79.9. The van der Waals surface area contributed by atoms with E-state index in [4.69, 9.17) is 16.7 Å². The first-order chi connectivity index (χ1) is 8.50. The van der Waals surface area contributed by atoms with Gasteiger partial charge in [0.25, 0.3) is 0 Å². The monoisotopic (exact) mass is 335 g/mol. The molecule has 0 bridgehead atoms. The van der Waals surface area contributed by atoms with Crippen LogP contribution in [0.25, 0.3) is 0 Å². The number of hydrogen-bond donors (Lipinski definition) is 2. The standard InChI is InChI=1S/C12H12BrClFNO2/c13-7-5-4-6(11(15)10(7)14)8-2-1-3-9(16-8)12(17)18/h4-5,8-9,16H,1-3H2,(H,17,18). The van der Waals surface area contributed by atoms with E-state index in [0.717, 1.165) is 6.42 Å². The number of carbonyl (C=O) groups is 1. The third-order valence-electron chi connectivity index (χ3n) is 3.13. The second kappa shape index (κ2) is 5.55. The molecular weight excluding hydrogens is 324 g/mol. The summed E-state index contributed by atoms with van der Waals surface area (Å²) in [5, 5.41) is 12.0. The van der Waals surface area contributed by atoms with Crippen molar-refractivity contribution in [2.75, 3.05) is 0 Å². The van der Waals surface area contributed by atoms with Gasteiger partial charge in [0.1, 0.15) is 11.9 Å². The predicted molar refractivity (Wildman–Crippen MR) is 70.3 cm³/mol. The van der Waals surface area contributed by atoms with E-state index in [2.05, 4.69) is 21.2 Å². The van der Waals surface area contributed by atoms with Crippen LogP contribution in [0.2, 0.25) is 5.02 Å². The van der Waals surface area contributed by atoms with Crippen LogP contribution in [0.4, 0.5) is 4.39 Å². The summed E-state index contributed by atoms with van der Waals surface area (Å²) >= 11 is 8.99. The summed E-state index contributed by atoms with van der Waals surface area (Å²) in [7, 11) is 0. The number of benzene rings is 1. The second-order valence-electron chi connectivity index (χ2n) is 4.31. The molecule has 1 fully saturated rings. The molecule has 6 heteroatoms. The van der Waals surface area contributed by atoms with Gasteiger partial charge in [-0.2, -0.15) is 0 Å². The lowest BCUT2D eigenvalue weighted by molar-refractivity contribution is -0.140. The fourth-order valence-electron chi connectivity index (χ4n) is 2.19. The highest BCUT2D eigenvalue weighted by molar-refractivity contribution is 9.10. The van der Waals surface area contributed by atoms with Crippen LogP contribution in [-0.2, 0) is 4.79 Å². The lowest BCUT2D eigenvalue weighted by Crippen LogP contribution is -2.42. The van der Waals surface area contributed by atoms with Crippen molar-refractivity contribution in [2.24, 2.45) is 0 Å². The van der Waals surface area contributed by atoms with Crippen LogP contribution in [0.3, 0.4) is 0 Å². The number of piperidine rings is 1. The van der Waals surface area contributed by atoms with Crippen LogP contribution in [0.5, 0.6) is 0 Å². The fraction of sp³-hybridized carbons (Fsp3) is 0.417. The van der Waals surface area contributed by atoms with Crippen molar-refractivity contribution in [3.63, 3.8) is 0 Å². The Morgan fingerprint density at radius 2 is 2.22 bits per heavy atom. The molecule has 2 atom stereocenters. The second-order valence-corrected chi connectivity index (χ2v) is 5.54. The topological polar surface area (TPSA) is 49.3 Å². The van der Waals surface area contributed by atoms with E-state index in [1.54, 1.807) is 12.1 Å².